The molecule has 0 amide bonds. The van der Waals surface area contributed by atoms with Gasteiger partial charge < -0.3 is 26.0 Å². The van der Waals surface area contributed by atoms with Crippen LogP contribution in [0.3, 0.4) is 0 Å². The van der Waals surface area contributed by atoms with E-state index in [0.717, 1.165) is 34.7 Å². The van der Waals surface area contributed by atoms with Gasteiger partial charge in [-0.3, -0.25) is 0 Å². The van der Waals surface area contributed by atoms with Crippen molar-refractivity contribution in [3.8, 4) is 0 Å². The summed E-state index contributed by atoms with van der Waals surface area (Å²) in [5, 5.41) is 0. The maximum Gasteiger partial charge on any atom is 2.00 e. The summed E-state index contributed by atoms with van der Waals surface area (Å²) in [4.78, 5) is 8.65. The van der Waals surface area contributed by atoms with Crippen molar-refractivity contribution in [3.05, 3.63) is 179 Å². The molecule has 1 fully saturated rings. The zero-order valence-corrected chi connectivity index (χ0v) is 41.5. The van der Waals surface area contributed by atoms with Gasteiger partial charge in [0.1, 0.15) is 0 Å². The van der Waals surface area contributed by atoms with Crippen LogP contribution in [0.15, 0.2) is 121 Å². The molecule has 0 saturated heterocycles. The van der Waals surface area contributed by atoms with Gasteiger partial charge in [0.05, 0.1) is 0 Å². The van der Waals surface area contributed by atoms with Crippen molar-refractivity contribution in [2.24, 2.45) is 0 Å². The zero-order chi connectivity index (χ0) is 41.0. The van der Waals surface area contributed by atoms with E-state index in [1.54, 1.807) is 0 Å². The van der Waals surface area contributed by atoms with E-state index in [1.807, 2.05) is 0 Å². The van der Waals surface area contributed by atoms with Gasteiger partial charge in [-0.2, -0.15) is 12.5 Å². The van der Waals surface area contributed by atoms with E-state index in [2.05, 4.69) is 244 Å². The zero-order valence-electron chi connectivity index (χ0n) is 37.7. The van der Waals surface area contributed by atoms with Crippen LogP contribution in [-0.2, 0) is 68.3 Å². The summed E-state index contributed by atoms with van der Waals surface area (Å²) in [5.74, 6) is 0. The van der Waals surface area contributed by atoms with Gasteiger partial charge in [0.15, 0.2) is 0 Å². The molecule has 4 aromatic carbocycles. The second-order valence-electron chi connectivity index (χ2n) is 15.5. The minimum atomic E-state index is 0. The molecular weight excluding hydrogens is 935 g/mol. The number of allylic oxidation sites excluding steroid dienone is 6. The summed E-state index contributed by atoms with van der Waals surface area (Å²) >= 11 is 0. The first-order valence-corrected chi connectivity index (χ1v) is 20.0. The van der Waals surface area contributed by atoms with E-state index >= 15 is 0 Å². The van der Waals surface area contributed by atoms with Crippen LogP contribution in [0.25, 0.3) is 11.1 Å². The van der Waals surface area contributed by atoms with Gasteiger partial charge in [0.25, 0.3) is 0 Å². The third-order valence-electron chi connectivity index (χ3n) is 9.82. The van der Waals surface area contributed by atoms with Crippen LogP contribution in [0.4, 0.5) is 11.4 Å². The summed E-state index contributed by atoms with van der Waals surface area (Å²) in [7, 11) is 16.7. The molecule has 0 N–H and O–H groups in total. The molecule has 2 aliphatic rings. The Labute approximate surface area is 408 Å². The topological polar surface area (TPSA) is 13.0 Å². The Balaban J connectivity index is 0. The van der Waals surface area contributed by atoms with Crippen LogP contribution < -0.4 is 9.80 Å². The van der Waals surface area contributed by atoms with Crippen molar-refractivity contribution < 1.29 is 68.3 Å². The van der Waals surface area contributed by atoms with E-state index in [0.29, 0.717) is 0 Å². The van der Waals surface area contributed by atoms with Gasteiger partial charge in [-0.15, -0.1) is 82.6 Å². The van der Waals surface area contributed by atoms with Gasteiger partial charge in [-0.05, 0) is 67.5 Å². The monoisotopic (exact) mass is 1000 g/mol. The number of aryl methyl sites for hydroxylation is 2. The molecule has 0 spiro atoms. The Bertz CT molecular complexity index is 1760. The quantitative estimate of drug-likeness (QED) is 0.0991. The first-order valence-electron chi connectivity index (χ1n) is 20.0. The minimum absolute atomic E-state index is 0. The maximum atomic E-state index is 3.50. The Hall–Kier alpha value is -2.85. The van der Waals surface area contributed by atoms with E-state index in [9.17, 15) is 0 Å². The second kappa shape index (κ2) is 31.9. The molecule has 60 heavy (non-hydrogen) atoms. The van der Waals surface area contributed by atoms with E-state index in [4.69, 9.17) is 0 Å². The molecule has 4 radical (unpaired) electrons. The smallest absolute Gasteiger partial charge is 0.415 e. The van der Waals surface area contributed by atoms with Crippen molar-refractivity contribution in [1.29, 1.82) is 0 Å². The first-order chi connectivity index (χ1) is 26.8. The van der Waals surface area contributed by atoms with E-state index in [-0.39, 0.29) is 68.3 Å². The molecule has 1 saturated carbocycles. The maximum absolute atomic E-state index is 3.50. The average Bonchev–Trinajstić information content (AvgIpc) is 3.20. The molecule has 4 nitrogen and oxygen atoms in total. The average molecular weight is 1000 g/mol. The number of nitrogens with zero attached hydrogens (tertiary/aromatic N) is 4. The van der Waals surface area contributed by atoms with Crippen LogP contribution in [-0.4, -0.2) is 72.2 Å². The Morgan fingerprint density at radius 3 is 1.32 bits per heavy atom. The number of hydrogen-bond acceptors (Lipinski definition) is 4. The molecule has 6 rings (SSSR count). The molecule has 0 aromatic heterocycles. The molecule has 2 aliphatic carbocycles. The van der Waals surface area contributed by atoms with Crippen molar-refractivity contribution in [1.82, 2.24) is 9.80 Å². The number of benzene rings is 4. The molecule has 1 atom stereocenters. The van der Waals surface area contributed by atoms with Crippen LogP contribution in [0, 0.1) is 38.8 Å². The van der Waals surface area contributed by atoms with Gasteiger partial charge >= 0.3 is 51.2 Å². The van der Waals surface area contributed by atoms with Crippen LogP contribution in [0.2, 0.25) is 0 Å². The Morgan fingerprint density at radius 2 is 1.02 bits per heavy atom. The fourth-order valence-electron chi connectivity index (χ4n) is 6.32. The fraction of sp³-hybridized carbons (Fsp3) is 0.346. The summed E-state index contributed by atoms with van der Waals surface area (Å²) in [6, 6.07) is 34.6. The van der Waals surface area contributed by atoms with Crippen molar-refractivity contribution in [3.63, 3.8) is 0 Å². The molecule has 338 valence electrons. The van der Waals surface area contributed by atoms with Crippen molar-refractivity contribution in [2.75, 3.05) is 66.2 Å². The molecule has 0 aliphatic heterocycles. The van der Waals surface area contributed by atoms with Gasteiger partial charge in [0.2, 0.25) is 0 Å². The van der Waals surface area contributed by atoms with Gasteiger partial charge in [-0.25, -0.2) is 6.42 Å². The Kier molecular flexibility index (Phi) is 31.5. The minimum Gasteiger partial charge on any atom is -0.415 e. The van der Waals surface area contributed by atoms with Crippen LogP contribution in [0.1, 0.15) is 79.3 Å². The largest absolute Gasteiger partial charge is 2.00 e. The molecule has 4 aromatic rings. The first kappa shape index (κ1) is 59.2. The molecule has 0 bridgehead atoms. The predicted octanol–water partition coefficient (Wildman–Crippen LogP) is 11.9. The van der Waals surface area contributed by atoms with E-state index < -0.39 is 0 Å². The fourth-order valence-corrected chi connectivity index (χ4v) is 6.32. The molecule has 1 unspecified atom stereocenters. The summed E-state index contributed by atoms with van der Waals surface area (Å²) in [5.41, 5.74) is 13.3. The molecule has 0 heterocycles. The van der Waals surface area contributed by atoms with Gasteiger partial charge in [0, 0.05) is 31.2 Å². The van der Waals surface area contributed by atoms with Gasteiger partial charge in [-0.1, -0.05) is 135 Å². The van der Waals surface area contributed by atoms with E-state index in [1.165, 1.54) is 65.0 Å². The van der Waals surface area contributed by atoms with Crippen molar-refractivity contribution >= 4 is 22.5 Å². The third kappa shape index (κ3) is 21.3. The van der Waals surface area contributed by atoms with Crippen LogP contribution >= 0.6 is 0 Å². The van der Waals surface area contributed by atoms with Crippen molar-refractivity contribution in [2.45, 2.75) is 65.8 Å². The number of rotatable bonds is 8. The number of para-hydroxylation sites is 2. The Morgan fingerprint density at radius 1 is 0.583 bits per heavy atom. The van der Waals surface area contributed by atoms with Crippen LogP contribution in [0.5, 0.6) is 0 Å². The third-order valence-corrected chi connectivity index (χ3v) is 9.82. The summed E-state index contributed by atoms with van der Waals surface area (Å²) in [6.07, 6.45) is 24.6. The number of hydrogen-bond donors (Lipinski definition) is 0. The predicted molar refractivity (Wildman–Crippen MR) is 247 cm³/mol. The normalized spacial score (nSPS) is 14.1. The molecule has 8 heteroatoms. The SMILES string of the molecule is CC(=[C-]c1ccccc1N(C)C)c1ccc(C)cc1.CC(=[C-]c1ccccc1N(C)C)c1ccc(C)cc1.CN(C)C1=CC=CC[CH-]1.CN(C)C1[CH-]CCCC1.[Cu+2].[Cu+2].[Cu+2].[Cu]. The standard InChI is InChI=1S/2C18H20N.C8H16N.C8H12N.4Cu/c2*1-14-9-11-16(12-10-14)15(2)13-17-7-5-6-8-18(17)19(3)4;2*1-9(2)8-6-4-3-5-7-8;;;;/h2*5-12H,1-4H3;6,8H,3-5,7H2,1-2H3;3-4,6-7H,5H2,1-2H3;;;;/q4*-1;;3*+2. The summed E-state index contributed by atoms with van der Waals surface area (Å²) in [6.45, 7) is 8.43. The summed E-state index contributed by atoms with van der Waals surface area (Å²) < 4.78 is 0. The second-order valence-corrected chi connectivity index (χ2v) is 15.5. The molecular formula is C52H68Cu4N4+2. The number of anilines is 2.